The van der Waals surface area contributed by atoms with E-state index in [1.165, 1.54) is 12.8 Å². The van der Waals surface area contributed by atoms with E-state index < -0.39 is 0 Å². The average molecular weight is 244 g/mol. The zero-order valence-corrected chi connectivity index (χ0v) is 9.30. The van der Waals surface area contributed by atoms with Gasteiger partial charge < -0.3 is 10.2 Å². The van der Waals surface area contributed by atoms with Crippen molar-refractivity contribution in [1.82, 2.24) is 0 Å². The van der Waals surface area contributed by atoms with Crippen LogP contribution in [0.15, 0.2) is 21.2 Å². The Morgan fingerprint density at radius 2 is 2.31 bits per heavy atom. The van der Waals surface area contributed by atoms with Gasteiger partial charge in [-0.3, -0.25) is 0 Å². The maximum atomic E-state index is 6.08. The van der Waals surface area contributed by atoms with Crippen molar-refractivity contribution in [3.8, 4) is 0 Å². The second kappa shape index (κ2) is 3.14. The lowest BCUT2D eigenvalue weighted by Gasteiger charge is -2.16. The fourth-order valence-electron chi connectivity index (χ4n) is 1.49. The van der Waals surface area contributed by atoms with Gasteiger partial charge >= 0.3 is 0 Å². The minimum Gasteiger partial charge on any atom is -0.454 e. The van der Waals surface area contributed by atoms with Crippen LogP contribution in [0.2, 0.25) is 0 Å². The highest BCUT2D eigenvalue weighted by Crippen LogP contribution is 2.48. The number of hydrogen-bond acceptors (Lipinski definition) is 2. The van der Waals surface area contributed by atoms with Gasteiger partial charge in [0.2, 0.25) is 0 Å². The van der Waals surface area contributed by atoms with Crippen LogP contribution in [-0.4, -0.2) is 6.04 Å². The number of furan rings is 1. The van der Waals surface area contributed by atoms with Crippen LogP contribution in [0.1, 0.15) is 25.5 Å². The van der Waals surface area contributed by atoms with Crippen LogP contribution in [-0.2, 0) is 6.42 Å². The molecule has 0 bridgehead atoms. The van der Waals surface area contributed by atoms with Crippen LogP contribution in [0.5, 0.6) is 0 Å². The molecule has 1 heterocycles. The molecule has 0 saturated heterocycles. The van der Waals surface area contributed by atoms with Crippen molar-refractivity contribution in [3.05, 3.63) is 22.6 Å². The lowest BCUT2D eigenvalue weighted by Crippen LogP contribution is -2.31. The topological polar surface area (TPSA) is 39.2 Å². The maximum Gasteiger partial charge on any atom is 0.169 e. The van der Waals surface area contributed by atoms with E-state index in [0.717, 1.165) is 16.9 Å². The third kappa shape index (κ3) is 1.97. The first kappa shape index (κ1) is 9.28. The summed E-state index contributed by atoms with van der Waals surface area (Å²) in [6.07, 6.45) is 3.37. The molecule has 2 rings (SSSR count). The molecule has 1 atom stereocenters. The fraction of sp³-hybridized carbons (Fsp3) is 0.600. The lowest BCUT2D eigenvalue weighted by atomic mass is 9.96. The first-order valence-electron chi connectivity index (χ1n) is 4.60. The Kier molecular flexibility index (Phi) is 2.24. The minimum atomic E-state index is 0.241. The van der Waals surface area contributed by atoms with Gasteiger partial charge in [0, 0.05) is 12.5 Å². The Balaban J connectivity index is 1.98. The third-order valence-electron chi connectivity index (χ3n) is 2.98. The molecule has 1 unspecified atom stereocenters. The monoisotopic (exact) mass is 243 g/mol. The second-order valence-corrected chi connectivity index (χ2v) is 4.95. The molecule has 3 heteroatoms. The fourth-order valence-corrected chi connectivity index (χ4v) is 1.83. The zero-order valence-electron chi connectivity index (χ0n) is 7.72. The number of halogens is 1. The molecule has 1 fully saturated rings. The van der Waals surface area contributed by atoms with Crippen molar-refractivity contribution in [2.45, 2.75) is 32.2 Å². The highest BCUT2D eigenvalue weighted by molar-refractivity contribution is 9.10. The summed E-state index contributed by atoms with van der Waals surface area (Å²) >= 11 is 3.28. The normalized spacial score (nSPS) is 21.5. The molecule has 1 aromatic rings. The Bertz CT molecular complexity index is 304. The molecule has 0 aliphatic heterocycles. The zero-order chi connectivity index (χ0) is 9.47. The molecule has 0 aromatic carbocycles. The van der Waals surface area contributed by atoms with Crippen molar-refractivity contribution >= 4 is 15.9 Å². The van der Waals surface area contributed by atoms with E-state index in [0.29, 0.717) is 5.41 Å². The van der Waals surface area contributed by atoms with Crippen LogP contribution in [0.3, 0.4) is 0 Å². The van der Waals surface area contributed by atoms with Crippen molar-refractivity contribution in [3.63, 3.8) is 0 Å². The summed E-state index contributed by atoms with van der Waals surface area (Å²) in [5, 5.41) is 0. The van der Waals surface area contributed by atoms with Gasteiger partial charge in [0.05, 0.1) is 0 Å². The molecule has 2 nitrogen and oxygen atoms in total. The van der Waals surface area contributed by atoms with Crippen LogP contribution < -0.4 is 5.73 Å². The predicted octanol–water partition coefficient (Wildman–Crippen LogP) is 2.71. The van der Waals surface area contributed by atoms with Crippen molar-refractivity contribution in [1.29, 1.82) is 0 Å². The van der Waals surface area contributed by atoms with Crippen molar-refractivity contribution < 1.29 is 4.42 Å². The van der Waals surface area contributed by atoms with Crippen LogP contribution in [0, 0.1) is 5.41 Å². The maximum absolute atomic E-state index is 6.08. The van der Waals surface area contributed by atoms with Crippen molar-refractivity contribution in [2.24, 2.45) is 11.1 Å². The molecule has 13 heavy (non-hydrogen) atoms. The van der Waals surface area contributed by atoms with E-state index in [9.17, 15) is 0 Å². The lowest BCUT2D eigenvalue weighted by molar-refractivity contribution is 0.390. The first-order chi connectivity index (χ1) is 6.10. The molecular weight excluding hydrogens is 230 g/mol. The quantitative estimate of drug-likeness (QED) is 0.887. The minimum absolute atomic E-state index is 0.241. The van der Waals surface area contributed by atoms with E-state index >= 15 is 0 Å². The largest absolute Gasteiger partial charge is 0.454 e. The first-order valence-corrected chi connectivity index (χ1v) is 5.39. The van der Waals surface area contributed by atoms with Gasteiger partial charge in [-0.25, -0.2) is 0 Å². The molecule has 0 amide bonds. The summed E-state index contributed by atoms with van der Waals surface area (Å²) in [5.41, 5.74) is 6.45. The predicted molar refractivity (Wildman–Crippen MR) is 55.4 cm³/mol. The summed E-state index contributed by atoms with van der Waals surface area (Å²) in [5.74, 6) is 0.979. The van der Waals surface area contributed by atoms with Gasteiger partial charge in [0.15, 0.2) is 4.67 Å². The van der Waals surface area contributed by atoms with Gasteiger partial charge in [-0.05, 0) is 46.3 Å². The van der Waals surface area contributed by atoms with E-state index in [-0.39, 0.29) is 6.04 Å². The summed E-state index contributed by atoms with van der Waals surface area (Å²) in [4.78, 5) is 0. The van der Waals surface area contributed by atoms with Crippen molar-refractivity contribution in [2.75, 3.05) is 0 Å². The van der Waals surface area contributed by atoms with E-state index in [1.807, 2.05) is 12.1 Å². The molecule has 1 aromatic heterocycles. The van der Waals surface area contributed by atoms with E-state index in [1.54, 1.807) is 0 Å². The van der Waals surface area contributed by atoms with E-state index in [4.69, 9.17) is 10.2 Å². The Hall–Kier alpha value is -0.280. The summed E-state index contributed by atoms with van der Waals surface area (Å²) in [7, 11) is 0. The van der Waals surface area contributed by atoms with Gasteiger partial charge in [0.1, 0.15) is 5.76 Å². The third-order valence-corrected chi connectivity index (χ3v) is 3.41. The number of hydrogen-bond donors (Lipinski definition) is 1. The van der Waals surface area contributed by atoms with Gasteiger partial charge in [-0.2, -0.15) is 0 Å². The molecule has 1 aliphatic carbocycles. The number of rotatable bonds is 3. The summed E-state index contributed by atoms with van der Waals surface area (Å²) < 4.78 is 6.20. The molecule has 72 valence electrons. The smallest absolute Gasteiger partial charge is 0.169 e. The molecule has 1 aliphatic rings. The van der Waals surface area contributed by atoms with Gasteiger partial charge in [-0.1, -0.05) is 6.92 Å². The van der Waals surface area contributed by atoms with Gasteiger partial charge in [0.25, 0.3) is 0 Å². The Morgan fingerprint density at radius 3 is 2.77 bits per heavy atom. The highest BCUT2D eigenvalue weighted by atomic mass is 79.9. The SMILES string of the molecule is CC1(C(N)Cc2ccc(Br)o2)CC1. The second-order valence-electron chi connectivity index (χ2n) is 4.17. The summed E-state index contributed by atoms with van der Waals surface area (Å²) in [6.45, 7) is 2.25. The number of nitrogens with two attached hydrogens (primary N) is 1. The van der Waals surface area contributed by atoms with E-state index in [2.05, 4.69) is 22.9 Å². The molecule has 1 saturated carbocycles. The van der Waals surface area contributed by atoms with Gasteiger partial charge in [-0.15, -0.1) is 0 Å². The molecule has 0 radical (unpaired) electrons. The Morgan fingerprint density at radius 1 is 1.62 bits per heavy atom. The standard InChI is InChI=1S/C10H14BrNO/c1-10(4-5-10)8(12)6-7-2-3-9(11)13-7/h2-3,8H,4-6,12H2,1H3. The molecule has 2 N–H and O–H groups in total. The van der Waals surface area contributed by atoms with Crippen LogP contribution in [0.4, 0.5) is 0 Å². The van der Waals surface area contributed by atoms with Crippen LogP contribution >= 0.6 is 15.9 Å². The summed E-state index contributed by atoms with van der Waals surface area (Å²) in [6, 6.07) is 4.14. The molecule has 0 spiro atoms. The highest BCUT2D eigenvalue weighted by Gasteiger charge is 2.43. The Labute approximate surface area is 86.6 Å². The molecular formula is C10H14BrNO. The average Bonchev–Trinajstić information content (AvgIpc) is 2.69. The van der Waals surface area contributed by atoms with Crippen LogP contribution in [0.25, 0.3) is 0 Å².